The van der Waals surface area contributed by atoms with Gasteiger partial charge in [0.2, 0.25) is 0 Å². The van der Waals surface area contributed by atoms with E-state index in [-0.39, 0.29) is 6.04 Å². The van der Waals surface area contributed by atoms with Crippen LogP contribution in [0.3, 0.4) is 0 Å². The minimum atomic E-state index is 0.128. The van der Waals surface area contributed by atoms with Crippen molar-refractivity contribution in [1.82, 2.24) is 0 Å². The van der Waals surface area contributed by atoms with Crippen molar-refractivity contribution in [3.63, 3.8) is 0 Å². The highest BCUT2D eigenvalue weighted by Crippen LogP contribution is 2.26. The molecular weight excluding hydrogens is 261 g/mol. The number of hydrogen-bond acceptors (Lipinski definition) is 1. The summed E-state index contributed by atoms with van der Waals surface area (Å²) in [6.07, 6.45) is 3.38. The second kappa shape index (κ2) is 5.74. The van der Waals surface area contributed by atoms with Gasteiger partial charge >= 0.3 is 0 Å². The zero-order valence-corrected chi connectivity index (χ0v) is 10.6. The van der Waals surface area contributed by atoms with Crippen LogP contribution in [0.15, 0.2) is 22.7 Å². The van der Waals surface area contributed by atoms with Crippen LogP contribution < -0.4 is 5.73 Å². The average molecular weight is 277 g/mol. The van der Waals surface area contributed by atoms with Crippen LogP contribution >= 0.6 is 27.5 Å². The first-order chi connectivity index (χ1) is 6.65. The Hall–Kier alpha value is -0.0500. The number of rotatable bonds is 4. The molecule has 0 amide bonds. The van der Waals surface area contributed by atoms with Crippen molar-refractivity contribution in [1.29, 1.82) is 0 Å². The number of halogens is 2. The first-order valence-corrected chi connectivity index (χ1v) is 6.02. The van der Waals surface area contributed by atoms with E-state index in [1.807, 2.05) is 18.2 Å². The Morgan fingerprint density at radius 2 is 2.21 bits per heavy atom. The quantitative estimate of drug-likeness (QED) is 0.872. The molecule has 0 aliphatic rings. The van der Waals surface area contributed by atoms with E-state index in [2.05, 4.69) is 22.9 Å². The number of hydrogen-bond donors (Lipinski definition) is 1. The first-order valence-electron chi connectivity index (χ1n) is 4.85. The van der Waals surface area contributed by atoms with Crippen LogP contribution in [0.25, 0.3) is 0 Å². The molecule has 1 aromatic rings. The number of benzene rings is 1. The van der Waals surface area contributed by atoms with Gasteiger partial charge < -0.3 is 5.73 Å². The molecule has 1 nitrogen and oxygen atoms in total. The maximum absolute atomic E-state index is 6.04. The number of nitrogens with two attached hydrogens (primary N) is 1. The highest BCUT2D eigenvalue weighted by atomic mass is 79.9. The summed E-state index contributed by atoms with van der Waals surface area (Å²) < 4.78 is 0.920. The van der Waals surface area contributed by atoms with Gasteiger partial charge in [0.05, 0.1) is 5.02 Å². The Labute approximate surface area is 98.8 Å². The maximum atomic E-state index is 6.04. The minimum Gasteiger partial charge on any atom is -0.324 e. The summed E-state index contributed by atoms with van der Waals surface area (Å²) in [6.45, 7) is 2.17. The van der Waals surface area contributed by atoms with Gasteiger partial charge in [-0.2, -0.15) is 0 Å². The summed E-state index contributed by atoms with van der Waals surface area (Å²) in [6, 6.07) is 6.01. The summed E-state index contributed by atoms with van der Waals surface area (Å²) in [5.41, 5.74) is 7.18. The van der Waals surface area contributed by atoms with Gasteiger partial charge in [-0.05, 0) is 40.0 Å². The fraction of sp³-hybridized carbons (Fsp3) is 0.455. The molecule has 3 heteroatoms. The van der Waals surface area contributed by atoms with Crippen molar-refractivity contribution >= 4 is 27.5 Å². The fourth-order valence-corrected chi connectivity index (χ4v) is 1.85. The normalized spacial score (nSPS) is 12.9. The molecule has 14 heavy (non-hydrogen) atoms. The Morgan fingerprint density at radius 3 is 2.79 bits per heavy atom. The van der Waals surface area contributed by atoms with Crippen molar-refractivity contribution in [3.05, 3.63) is 33.3 Å². The summed E-state index contributed by atoms with van der Waals surface area (Å²) in [5, 5.41) is 0.733. The van der Waals surface area contributed by atoms with Crippen molar-refractivity contribution in [2.75, 3.05) is 0 Å². The maximum Gasteiger partial charge on any atom is 0.0548 e. The minimum absolute atomic E-state index is 0.128. The van der Waals surface area contributed by atoms with E-state index < -0.39 is 0 Å². The fourth-order valence-electron chi connectivity index (χ4n) is 1.33. The van der Waals surface area contributed by atoms with Gasteiger partial charge in [0.15, 0.2) is 0 Å². The third kappa shape index (κ3) is 3.26. The van der Waals surface area contributed by atoms with E-state index in [1.165, 1.54) is 12.8 Å². The van der Waals surface area contributed by atoms with Gasteiger partial charge in [-0.15, -0.1) is 0 Å². The molecule has 1 atom stereocenters. The molecule has 1 rings (SSSR count). The van der Waals surface area contributed by atoms with Gasteiger partial charge in [-0.1, -0.05) is 37.4 Å². The van der Waals surface area contributed by atoms with Gasteiger partial charge in [-0.25, -0.2) is 0 Å². The van der Waals surface area contributed by atoms with Crippen molar-refractivity contribution < 1.29 is 0 Å². The highest BCUT2D eigenvalue weighted by molar-refractivity contribution is 9.10. The number of unbranched alkanes of at least 4 members (excludes halogenated alkanes) is 1. The van der Waals surface area contributed by atoms with E-state index in [0.29, 0.717) is 0 Å². The molecule has 0 aliphatic heterocycles. The molecule has 0 saturated heterocycles. The second-order valence-electron chi connectivity index (χ2n) is 3.42. The van der Waals surface area contributed by atoms with Gasteiger partial charge in [0.25, 0.3) is 0 Å². The largest absolute Gasteiger partial charge is 0.324 e. The molecule has 0 aromatic heterocycles. The van der Waals surface area contributed by atoms with E-state index >= 15 is 0 Å². The van der Waals surface area contributed by atoms with Crippen LogP contribution in [-0.2, 0) is 0 Å². The second-order valence-corrected chi connectivity index (χ2v) is 4.68. The first kappa shape index (κ1) is 12.0. The predicted octanol–water partition coefficient (Wildman–Crippen LogP) is 4.29. The van der Waals surface area contributed by atoms with Crippen molar-refractivity contribution in [2.24, 2.45) is 5.73 Å². The van der Waals surface area contributed by atoms with E-state index in [0.717, 1.165) is 21.5 Å². The zero-order valence-electron chi connectivity index (χ0n) is 8.26. The molecule has 1 aromatic carbocycles. The lowest BCUT2D eigenvalue weighted by Crippen LogP contribution is -2.09. The van der Waals surface area contributed by atoms with Crippen molar-refractivity contribution in [2.45, 2.75) is 32.2 Å². The Balaban J connectivity index is 2.70. The van der Waals surface area contributed by atoms with Crippen LogP contribution in [0.5, 0.6) is 0 Å². The van der Waals surface area contributed by atoms with Crippen LogP contribution in [0.1, 0.15) is 37.8 Å². The summed E-state index contributed by atoms with van der Waals surface area (Å²) in [5.74, 6) is 0. The Kier molecular flexibility index (Phi) is 4.93. The molecule has 0 spiro atoms. The third-order valence-corrected chi connectivity index (χ3v) is 3.45. The molecule has 0 heterocycles. The predicted molar refractivity (Wildman–Crippen MR) is 65.6 cm³/mol. The van der Waals surface area contributed by atoms with Crippen LogP contribution in [0.4, 0.5) is 0 Å². The molecule has 0 unspecified atom stereocenters. The van der Waals surface area contributed by atoms with E-state index in [1.54, 1.807) is 0 Å². The van der Waals surface area contributed by atoms with Gasteiger partial charge in [0, 0.05) is 10.5 Å². The van der Waals surface area contributed by atoms with Gasteiger partial charge in [-0.3, -0.25) is 0 Å². The molecule has 2 N–H and O–H groups in total. The van der Waals surface area contributed by atoms with Gasteiger partial charge in [0.1, 0.15) is 0 Å². The smallest absolute Gasteiger partial charge is 0.0548 e. The molecule has 78 valence electrons. The van der Waals surface area contributed by atoms with Crippen molar-refractivity contribution in [3.8, 4) is 0 Å². The topological polar surface area (TPSA) is 26.0 Å². The molecule has 0 aliphatic carbocycles. The lowest BCUT2D eigenvalue weighted by molar-refractivity contribution is 0.603. The highest BCUT2D eigenvalue weighted by Gasteiger charge is 2.06. The molecule has 0 radical (unpaired) electrons. The van der Waals surface area contributed by atoms with Crippen LogP contribution in [0.2, 0.25) is 5.02 Å². The lowest BCUT2D eigenvalue weighted by Gasteiger charge is -2.12. The third-order valence-electron chi connectivity index (χ3n) is 2.24. The SMILES string of the molecule is CCCC[C@@H](N)c1ccc(Cl)c(Br)c1. The Morgan fingerprint density at radius 1 is 1.50 bits per heavy atom. The summed E-state index contributed by atoms with van der Waals surface area (Å²) in [4.78, 5) is 0. The monoisotopic (exact) mass is 275 g/mol. The lowest BCUT2D eigenvalue weighted by atomic mass is 10.0. The Bertz CT molecular complexity index is 301. The van der Waals surface area contributed by atoms with E-state index in [4.69, 9.17) is 17.3 Å². The molecule has 0 bridgehead atoms. The molecular formula is C11H15BrClN. The summed E-state index contributed by atoms with van der Waals surface area (Å²) >= 11 is 9.30. The standard InChI is InChI=1S/C11H15BrClN/c1-2-3-4-11(14)8-5-6-10(13)9(12)7-8/h5-7,11H,2-4,14H2,1H3/t11-/m1/s1. The van der Waals surface area contributed by atoms with E-state index in [9.17, 15) is 0 Å². The van der Waals surface area contributed by atoms with Crippen LogP contribution in [0, 0.1) is 0 Å². The summed E-state index contributed by atoms with van der Waals surface area (Å²) in [7, 11) is 0. The molecule has 0 fully saturated rings. The average Bonchev–Trinajstić information content (AvgIpc) is 2.18. The zero-order chi connectivity index (χ0) is 10.6. The molecule has 0 saturated carbocycles. The van der Waals surface area contributed by atoms with Crippen LogP contribution in [-0.4, -0.2) is 0 Å².